The van der Waals surface area contributed by atoms with Gasteiger partial charge in [-0.1, -0.05) is 61.1 Å². The van der Waals surface area contributed by atoms with Crippen molar-refractivity contribution >= 4 is 26.7 Å². The second-order valence-electron chi connectivity index (χ2n) is 8.41. The van der Waals surface area contributed by atoms with E-state index in [2.05, 4.69) is 55.3 Å². The third-order valence-electron chi connectivity index (χ3n) is 6.91. The van der Waals surface area contributed by atoms with Crippen molar-refractivity contribution in [2.24, 2.45) is 34.6 Å². The van der Waals surface area contributed by atoms with Gasteiger partial charge in [-0.3, -0.25) is 10.1 Å². The first kappa shape index (κ1) is 34.4. The zero-order chi connectivity index (χ0) is 24.4. The van der Waals surface area contributed by atoms with Gasteiger partial charge in [0.2, 0.25) is 0 Å². The van der Waals surface area contributed by atoms with E-state index in [1.165, 1.54) is 30.0 Å². The van der Waals surface area contributed by atoms with Crippen LogP contribution in [0.15, 0.2) is 47.5 Å². The molecule has 3 rings (SSSR count). The molecule has 0 aliphatic heterocycles. The molecule has 0 heterocycles. The number of methoxy groups -OCH3 is 1. The summed E-state index contributed by atoms with van der Waals surface area (Å²) in [5, 5.41) is 10.6. The second-order valence-corrected chi connectivity index (χ2v) is 8.41. The summed E-state index contributed by atoms with van der Waals surface area (Å²) in [5.41, 5.74) is 2.28. The van der Waals surface area contributed by atoms with Crippen molar-refractivity contribution in [1.29, 1.82) is 0 Å². The summed E-state index contributed by atoms with van der Waals surface area (Å²) < 4.78 is 5.08. The fraction of sp³-hybridized carbons (Fsp3) is 0.481. The standard InChI is InChI=1S/C15H13N2O3.C10H20.CH4.CH3.ClH.Ir/c1-11(12-3-7-14(8-4-12)17(18)19)16-13-5-9-15(20-2)10-6-13;1-6-7(2)9(4)10(5)8(6)3;;;;/h3,5-10H,1-2H3;6-10H,1-5H3;1H4;1H3;1H;/q-1;;;-1;;+3/p-1. The van der Waals surface area contributed by atoms with Crippen LogP contribution in [0.5, 0.6) is 5.75 Å². The van der Waals surface area contributed by atoms with Gasteiger partial charge in [-0.2, -0.15) is 0 Å². The summed E-state index contributed by atoms with van der Waals surface area (Å²) in [6, 6.07) is 14.6. The molecular weight excluding hydrogens is 628 g/mol. The van der Waals surface area contributed by atoms with E-state index in [1.54, 1.807) is 13.2 Å². The average Bonchev–Trinajstić information content (AvgIpc) is 2.99. The molecule has 1 aliphatic carbocycles. The average molecular weight is 668 g/mol. The minimum absolute atomic E-state index is 0. The van der Waals surface area contributed by atoms with Crippen LogP contribution in [0.2, 0.25) is 0 Å². The monoisotopic (exact) mass is 668 g/mol. The zero-order valence-corrected chi connectivity index (χ0v) is 23.9. The Hall–Kier alpha value is -1.75. The Morgan fingerprint density at radius 1 is 0.971 bits per heavy atom. The van der Waals surface area contributed by atoms with Crippen molar-refractivity contribution in [1.82, 2.24) is 0 Å². The van der Waals surface area contributed by atoms with E-state index in [-0.39, 0.29) is 20.5 Å². The number of ether oxygens (including phenoxy) is 1. The van der Waals surface area contributed by atoms with Gasteiger partial charge in [0.25, 0.3) is 0 Å². The predicted molar refractivity (Wildman–Crippen MR) is 142 cm³/mol. The Labute approximate surface area is 221 Å². The molecule has 0 bridgehead atoms. The Balaban J connectivity index is 0. The summed E-state index contributed by atoms with van der Waals surface area (Å²) in [4.78, 5) is 14.6. The van der Waals surface area contributed by atoms with Gasteiger partial charge >= 0.3 is 27.5 Å². The topological polar surface area (TPSA) is 64.7 Å². The number of halogens is 1. The second kappa shape index (κ2) is 16.8. The SMILES string of the molecule is C.CC1C(C)C(C)C(C)C1C.COc1ccc(N=C(C)c2[c-]cc([N+](=O)[O-])cc2)cc1.[CH3-].[Cl][Ir+2]. The fourth-order valence-electron chi connectivity index (χ4n) is 4.06. The first-order chi connectivity index (χ1) is 15.1. The van der Waals surface area contributed by atoms with Crippen LogP contribution in [0.3, 0.4) is 0 Å². The van der Waals surface area contributed by atoms with Crippen LogP contribution in [0.1, 0.15) is 54.5 Å². The van der Waals surface area contributed by atoms with Gasteiger partial charge in [-0.25, -0.2) is 0 Å². The number of benzene rings is 2. The number of hydrogen-bond donors (Lipinski definition) is 0. The number of nitro benzene ring substituents is 1. The molecule has 192 valence electrons. The molecule has 34 heavy (non-hydrogen) atoms. The van der Waals surface area contributed by atoms with Crippen molar-refractivity contribution in [3.8, 4) is 5.75 Å². The molecule has 0 spiro atoms. The first-order valence-electron chi connectivity index (χ1n) is 10.6. The van der Waals surface area contributed by atoms with E-state index in [1.807, 2.05) is 31.2 Å². The molecule has 1 saturated carbocycles. The zero-order valence-electron chi connectivity index (χ0n) is 20.8. The number of hydrogen-bond acceptors (Lipinski definition) is 4. The third-order valence-corrected chi connectivity index (χ3v) is 6.91. The van der Waals surface area contributed by atoms with E-state index in [0.717, 1.165) is 52.3 Å². The van der Waals surface area contributed by atoms with Crippen LogP contribution in [0.25, 0.3) is 0 Å². The van der Waals surface area contributed by atoms with Crippen LogP contribution in [-0.4, -0.2) is 17.7 Å². The van der Waals surface area contributed by atoms with Gasteiger partial charge in [0, 0.05) is 4.92 Å². The number of non-ortho nitro benzene ring substituents is 1. The molecule has 2 aromatic rings. The van der Waals surface area contributed by atoms with Gasteiger partial charge in [0.05, 0.1) is 12.8 Å². The normalized spacial score (nSPS) is 23.1. The Kier molecular flexibility index (Phi) is 17.0. The van der Waals surface area contributed by atoms with E-state index >= 15 is 0 Å². The maximum absolute atomic E-state index is 10.6. The molecule has 1 fully saturated rings. The van der Waals surface area contributed by atoms with Crippen molar-refractivity contribution in [3.05, 3.63) is 71.6 Å². The molecule has 1 aliphatic rings. The number of aliphatic imine (C=N–C) groups is 1. The fourth-order valence-corrected chi connectivity index (χ4v) is 4.06. The Bertz CT molecular complexity index is 828. The number of rotatable bonds is 4. The van der Waals surface area contributed by atoms with E-state index < -0.39 is 4.92 Å². The summed E-state index contributed by atoms with van der Waals surface area (Å²) >= 11 is 1.47. The van der Waals surface area contributed by atoms with Gasteiger partial charge < -0.3 is 17.2 Å². The van der Waals surface area contributed by atoms with Gasteiger partial charge in [-0.15, -0.1) is 17.7 Å². The summed E-state index contributed by atoms with van der Waals surface area (Å²) in [7, 11) is 6.25. The third kappa shape index (κ3) is 9.48. The molecule has 0 N–H and O–H groups in total. The van der Waals surface area contributed by atoms with E-state index in [0.29, 0.717) is 0 Å². The minimum atomic E-state index is -0.448. The molecule has 0 aromatic heterocycles. The Morgan fingerprint density at radius 2 is 1.41 bits per heavy atom. The molecule has 5 nitrogen and oxygen atoms in total. The molecule has 7 heteroatoms. The summed E-state index contributed by atoms with van der Waals surface area (Å²) in [6.45, 7) is 13.8. The summed E-state index contributed by atoms with van der Waals surface area (Å²) in [5.74, 6) is 5.44. The van der Waals surface area contributed by atoms with Crippen LogP contribution in [0, 0.1) is 53.2 Å². The van der Waals surface area contributed by atoms with Gasteiger partial charge in [-0.05, 0) is 59.6 Å². The van der Waals surface area contributed by atoms with Crippen LogP contribution >= 0.6 is 9.58 Å². The molecule has 0 radical (unpaired) electrons. The predicted octanol–water partition coefficient (Wildman–Crippen LogP) is 8.50. The van der Waals surface area contributed by atoms with Crippen molar-refractivity contribution in [3.63, 3.8) is 0 Å². The number of nitro groups is 1. The van der Waals surface area contributed by atoms with Gasteiger partial charge in [0.1, 0.15) is 5.75 Å². The summed E-state index contributed by atoms with van der Waals surface area (Å²) in [6.07, 6.45) is 0. The first-order valence-corrected chi connectivity index (χ1v) is 13.6. The molecule has 0 saturated heterocycles. The van der Waals surface area contributed by atoms with Crippen molar-refractivity contribution in [2.45, 2.75) is 49.0 Å². The van der Waals surface area contributed by atoms with Crippen molar-refractivity contribution in [2.75, 3.05) is 7.11 Å². The molecule has 0 unspecified atom stereocenters. The molecule has 2 aromatic carbocycles. The van der Waals surface area contributed by atoms with Crippen LogP contribution in [-0.2, 0) is 17.9 Å². The quantitative estimate of drug-likeness (QED) is 0.142. The van der Waals surface area contributed by atoms with Crippen LogP contribution < -0.4 is 4.74 Å². The molecule has 0 amide bonds. The van der Waals surface area contributed by atoms with E-state index in [4.69, 9.17) is 4.74 Å². The van der Waals surface area contributed by atoms with Crippen LogP contribution in [0.4, 0.5) is 11.4 Å². The molecular formula is C27H40ClIrN2O3. The maximum atomic E-state index is 10.6. The Morgan fingerprint density at radius 3 is 1.74 bits per heavy atom. The van der Waals surface area contributed by atoms with Gasteiger partial charge in [0.15, 0.2) is 5.69 Å². The molecule has 0 atom stereocenters. The van der Waals surface area contributed by atoms with Crippen molar-refractivity contribution < 1.29 is 27.5 Å². The number of nitrogens with zero attached hydrogens (tertiary/aromatic N) is 2. The van der Waals surface area contributed by atoms with E-state index in [9.17, 15) is 10.1 Å².